The Morgan fingerprint density at radius 3 is 2.38 bits per heavy atom. The molecule has 7 rings (SSSR count). The number of epoxide rings is 2. The fraction of sp³-hybridized carbons (Fsp3) is 0.844. The number of hydrogen-bond donors (Lipinski definition) is 2. The van der Waals surface area contributed by atoms with Crippen molar-refractivity contribution in [3.05, 3.63) is 12.2 Å². The van der Waals surface area contributed by atoms with Crippen LogP contribution in [0.2, 0.25) is 0 Å². The Hall–Kier alpha value is -1.85. The van der Waals surface area contributed by atoms with Crippen molar-refractivity contribution < 1.29 is 48.3 Å². The summed E-state index contributed by atoms with van der Waals surface area (Å²) in [6, 6.07) is 0. The summed E-state index contributed by atoms with van der Waals surface area (Å²) in [5.41, 5.74) is -3.57. The van der Waals surface area contributed by atoms with E-state index < -0.39 is 64.2 Å². The normalized spacial score (nSPS) is 57.5. The molecular weight excluding hydrogens is 544 g/mol. The van der Waals surface area contributed by atoms with E-state index in [4.69, 9.17) is 23.7 Å². The van der Waals surface area contributed by atoms with E-state index in [9.17, 15) is 24.6 Å². The highest BCUT2D eigenvalue weighted by Gasteiger charge is 2.82. The van der Waals surface area contributed by atoms with E-state index in [0.29, 0.717) is 25.7 Å². The van der Waals surface area contributed by atoms with Crippen molar-refractivity contribution in [2.75, 3.05) is 0 Å². The third kappa shape index (κ3) is 3.36. The Kier molecular flexibility index (Phi) is 5.95. The Morgan fingerprint density at radius 1 is 1.07 bits per heavy atom. The first kappa shape index (κ1) is 28.9. The molecular formula is C32H44O10. The third-order valence-electron chi connectivity index (χ3n) is 13.3. The van der Waals surface area contributed by atoms with Gasteiger partial charge in [-0.05, 0) is 75.4 Å². The van der Waals surface area contributed by atoms with Gasteiger partial charge in [-0.25, -0.2) is 0 Å². The van der Waals surface area contributed by atoms with Crippen LogP contribution in [0.4, 0.5) is 0 Å². The molecule has 1 spiro atoms. The molecule has 10 heteroatoms. The molecule has 0 aromatic heterocycles. The van der Waals surface area contributed by atoms with Gasteiger partial charge in [-0.3, -0.25) is 14.4 Å². The number of fused-ring (bicyclic) bond motifs is 5. The van der Waals surface area contributed by atoms with E-state index in [2.05, 4.69) is 13.8 Å². The molecule has 16 atom stereocenters. The number of ether oxygens (including phenoxy) is 5. The zero-order valence-corrected chi connectivity index (χ0v) is 25.5. The van der Waals surface area contributed by atoms with Gasteiger partial charge in [0.2, 0.25) is 0 Å². The first-order valence-corrected chi connectivity index (χ1v) is 15.5. The smallest absolute Gasteiger partial charge is 0.303 e. The van der Waals surface area contributed by atoms with E-state index >= 15 is 0 Å². The lowest BCUT2D eigenvalue weighted by Crippen LogP contribution is -2.64. The molecule has 10 nitrogen and oxygen atoms in total. The van der Waals surface area contributed by atoms with E-state index in [1.165, 1.54) is 19.9 Å². The van der Waals surface area contributed by atoms with Crippen LogP contribution >= 0.6 is 0 Å². The monoisotopic (exact) mass is 588 g/mol. The van der Waals surface area contributed by atoms with Crippen LogP contribution in [0.3, 0.4) is 0 Å². The molecule has 0 aromatic rings. The number of esters is 2. The second-order valence-electron chi connectivity index (χ2n) is 15.1. The van der Waals surface area contributed by atoms with Crippen molar-refractivity contribution in [1.82, 2.24) is 0 Å². The predicted molar refractivity (Wildman–Crippen MR) is 145 cm³/mol. The molecule has 4 aliphatic carbocycles. The number of ketones is 1. The first-order valence-electron chi connectivity index (χ1n) is 15.5. The minimum atomic E-state index is -1.09. The quantitative estimate of drug-likeness (QED) is 0.371. The van der Waals surface area contributed by atoms with Crippen molar-refractivity contribution >= 4 is 17.7 Å². The van der Waals surface area contributed by atoms with E-state index in [0.717, 1.165) is 0 Å². The van der Waals surface area contributed by atoms with Gasteiger partial charge in [-0.2, -0.15) is 0 Å². The van der Waals surface area contributed by atoms with E-state index in [1.807, 2.05) is 20.8 Å². The Balaban J connectivity index is 1.30. The number of rotatable bonds is 4. The van der Waals surface area contributed by atoms with Gasteiger partial charge in [0.05, 0.1) is 17.6 Å². The van der Waals surface area contributed by atoms with Gasteiger partial charge >= 0.3 is 11.9 Å². The molecule has 0 amide bonds. The van der Waals surface area contributed by atoms with Crippen LogP contribution < -0.4 is 0 Å². The summed E-state index contributed by atoms with van der Waals surface area (Å²) in [7, 11) is 0. The Bertz CT molecular complexity index is 1270. The number of aliphatic hydroxyl groups is 2. The van der Waals surface area contributed by atoms with E-state index in [1.54, 1.807) is 6.08 Å². The largest absolute Gasteiger partial charge is 0.458 e. The fourth-order valence-corrected chi connectivity index (χ4v) is 11.1. The molecule has 3 heterocycles. The number of carbonyl (C=O) groups excluding carboxylic acids is 3. The summed E-state index contributed by atoms with van der Waals surface area (Å²) in [6.45, 7) is 12.8. The van der Waals surface area contributed by atoms with Gasteiger partial charge in [0, 0.05) is 32.1 Å². The minimum absolute atomic E-state index is 0.0394. The second kappa shape index (κ2) is 8.65. The molecule has 232 valence electrons. The van der Waals surface area contributed by atoms with Gasteiger partial charge in [-0.1, -0.05) is 13.8 Å². The maximum absolute atomic E-state index is 13.6. The topological polar surface area (TPSA) is 144 Å². The highest BCUT2D eigenvalue weighted by atomic mass is 16.7. The van der Waals surface area contributed by atoms with Crippen molar-refractivity contribution in [3.63, 3.8) is 0 Å². The fourth-order valence-electron chi connectivity index (χ4n) is 11.1. The number of aliphatic hydroxyl groups excluding tert-OH is 2. The van der Waals surface area contributed by atoms with Gasteiger partial charge < -0.3 is 33.9 Å². The first-order chi connectivity index (χ1) is 19.5. The summed E-state index contributed by atoms with van der Waals surface area (Å²) >= 11 is 0. The van der Waals surface area contributed by atoms with Crippen molar-refractivity contribution in [1.29, 1.82) is 0 Å². The van der Waals surface area contributed by atoms with Gasteiger partial charge in [0.25, 0.3) is 0 Å². The van der Waals surface area contributed by atoms with Crippen LogP contribution in [0.15, 0.2) is 12.2 Å². The third-order valence-corrected chi connectivity index (χ3v) is 13.3. The number of allylic oxidation sites excluding steroid dienone is 1. The van der Waals surface area contributed by atoms with Crippen LogP contribution in [0.1, 0.15) is 74.1 Å². The van der Waals surface area contributed by atoms with Crippen molar-refractivity contribution in [2.24, 2.45) is 40.4 Å². The molecule has 0 bridgehead atoms. The Morgan fingerprint density at radius 2 is 1.74 bits per heavy atom. The average Bonchev–Trinajstić information content (AvgIpc) is 3.74. The van der Waals surface area contributed by atoms with Crippen molar-refractivity contribution in [2.45, 2.75) is 128 Å². The van der Waals surface area contributed by atoms with Gasteiger partial charge in [0.1, 0.15) is 35.1 Å². The molecule has 2 N–H and O–H groups in total. The molecule has 3 saturated carbocycles. The maximum Gasteiger partial charge on any atom is 0.303 e. The predicted octanol–water partition coefficient (Wildman–Crippen LogP) is 2.47. The SMILES string of the molecule is CC(=O)O[C@@H]1[C@H](OC(C)=O)[C@H]2[C@@H]3C[C@H]4O[C@]45[C@@H](O)C=CC(=O)[C@]5(C)[C@H]3CC[C@]2(C)[C@H]1[C@H](C)[C@H]1C[C@]2(C)O[C@]2(C)[C@H](O)O1. The molecule has 0 unspecified atom stereocenters. The lowest BCUT2D eigenvalue weighted by molar-refractivity contribution is -0.208. The molecule has 42 heavy (non-hydrogen) atoms. The van der Waals surface area contributed by atoms with Crippen molar-refractivity contribution in [3.8, 4) is 0 Å². The summed E-state index contributed by atoms with van der Waals surface area (Å²) < 4.78 is 30.6. The van der Waals surface area contributed by atoms with E-state index in [-0.39, 0.29) is 47.6 Å². The van der Waals surface area contributed by atoms with Gasteiger partial charge in [-0.15, -0.1) is 0 Å². The molecule has 7 aliphatic rings. The molecule has 6 fully saturated rings. The number of carbonyl (C=O) groups is 3. The second-order valence-corrected chi connectivity index (χ2v) is 15.1. The molecule has 0 radical (unpaired) electrons. The lowest BCUT2D eigenvalue weighted by atomic mass is 9.44. The molecule has 3 saturated heterocycles. The zero-order valence-electron chi connectivity index (χ0n) is 25.5. The highest BCUT2D eigenvalue weighted by molar-refractivity contribution is 5.98. The summed E-state index contributed by atoms with van der Waals surface area (Å²) in [6.07, 6.45) is 1.58. The Labute approximate surface area is 246 Å². The standard InChI is InChI=1S/C32H44O10/c1-14(19-13-29(5)31(7,42-29)27(37)40-19)23-25(38-15(2)33)26(39-16(3)34)24-17-12-22-32(41-22)21(36)9-8-20(35)30(32,6)18(17)10-11-28(23,24)4/h8-9,14,17-19,21-27,36-37H,10-13H2,1-7H3/t14-,17-,18+,19-,21+,22-,23+,24-,25+,26-,27-,28-,29+,30+,31-,32-/m1/s1. The van der Waals surface area contributed by atoms with Crippen LogP contribution in [-0.4, -0.2) is 81.5 Å². The lowest BCUT2D eigenvalue weighted by Gasteiger charge is -2.58. The number of hydrogen-bond acceptors (Lipinski definition) is 10. The molecule has 0 aromatic carbocycles. The maximum atomic E-state index is 13.6. The highest BCUT2D eigenvalue weighted by Crippen LogP contribution is 2.74. The summed E-state index contributed by atoms with van der Waals surface area (Å²) in [5.74, 6) is -1.80. The van der Waals surface area contributed by atoms with Crippen LogP contribution in [0.25, 0.3) is 0 Å². The molecule has 3 aliphatic heterocycles. The van der Waals surface area contributed by atoms with Crippen LogP contribution in [0, 0.1) is 40.4 Å². The summed E-state index contributed by atoms with van der Waals surface area (Å²) in [4.78, 5) is 38.9. The summed E-state index contributed by atoms with van der Waals surface area (Å²) in [5, 5.41) is 21.9. The van der Waals surface area contributed by atoms with Crippen LogP contribution in [0.5, 0.6) is 0 Å². The zero-order chi connectivity index (χ0) is 30.4. The average molecular weight is 589 g/mol. The minimum Gasteiger partial charge on any atom is -0.458 e. The van der Waals surface area contributed by atoms with Crippen LogP contribution in [-0.2, 0) is 38.1 Å². The van der Waals surface area contributed by atoms with Gasteiger partial charge in [0.15, 0.2) is 12.1 Å².